The van der Waals surface area contributed by atoms with E-state index in [1.54, 1.807) is 10.8 Å². The SMILES string of the molecule is OCOc1cscc1OCO. The molecule has 1 aromatic heterocycles. The molecule has 0 radical (unpaired) electrons. The second kappa shape index (κ2) is 4.17. The zero-order chi connectivity index (χ0) is 8.10. The molecule has 0 aromatic carbocycles. The van der Waals surface area contributed by atoms with Crippen molar-refractivity contribution in [1.29, 1.82) is 0 Å². The van der Waals surface area contributed by atoms with Gasteiger partial charge in [-0.2, -0.15) is 0 Å². The normalized spacial score (nSPS) is 9.64. The van der Waals surface area contributed by atoms with Crippen molar-refractivity contribution in [3.8, 4) is 11.5 Å². The van der Waals surface area contributed by atoms with Crippen LogP contribution < -0.4 is 9.47 Å². The van der Waals surface area contributed by atoms with Crippen molar-refractivity contribution in [3.05, 3.63) is 10.8 Å². The first-order valence-corrected chi connectivity index (χ1v) is 3.86. The van der Waals surface area contributed by atoms with Crippen molar-refractivity contribution in [3.63, 3.8) is 0 Å². The Labute approximate surface area is 67.6 Å². The lowest BCUT2D eigenvalue weighted by molar-refractivity contribution is 0.0753. The molecule has 0 spiro atoms. The lowest BCUT2D eigenvalue weighted by Gasteiger charge is -2.02. The molecular weight excluding hydrogens is 168 g/mol. The van der Waals surface area contributed by atoms with Gasteiger partial charge in [0.15, 0.2) is 25.1 Å². The fourth-order valence-corrected chi connectivity index (χ4v) is 1.31. The molecule has 0 aliphatic rings. The van der Waals surface area contributed by atoms with Gasteiger partial charge in [-0.1, -0.05) is 0 Å². The van der Waals surface area contributed by atoms with E-state index in [1.807, 2.05) is 0 Å². The smallest absolute Gasteiger partial charge is 0.186 e. The minimum Gasteiger partial charge on any atom is -0.463 e. The molecule has 1 rings (SSSR count). The molecule has 62 valence electrons. The number of ether oxygens (including phenoxy) is 2. The van der Waals surface area contributed by atoms with E-state index in [-0.39, 0.29) is 0 Å². The molecule has 4 nitrogen and oxygen atoms in total. The molecule has 0 fully saturated rings. The summed E-state index contributed by atoms with van der Waals surface area (Å²) in [5.41, 5.74) is 0. The molecule has 0 amide bonds. The molecule has 1 heterocycles. The van der Waals surface area contributed by atoms with Crippen molar-refractivity contribution in [2.45, 2.75) is 0 Å². The van der Waals surface area contributed by atoms with Gasteiger partial charge in [0.05, 0.1) is 0 Å². The van der Waals surface area contributed by atoms with Crippen LogP contribution in [0.4, 0.5) is 0 Å². The average Bonchev–Trinajstić information content (AvgIpc) is 2.39. The molecule has 0 aliphatic carbocycles. The van der Waals surface area contributed by atoms with Crippen molar-refractivity contribution in [1.82, 2.24) is 0 Å². The minimum atomic E-state index is -0.390. The van der Waals surface area contributed by atoms with Gasteiger partial charge >= 0.3 is 0 Å². The summed E-state index contributed by atoms with van der Waals surface area (Å²) < 4.78 is 9.52. The fraction of sp³-hybridized carbons (Fsp3) is 0.333. The number of rotatable bonds is 4. The number of thiophene rings is 1. The van der Waals surface area contributed by atoms with E-state index in [2.05, 4.69) is 0 Å². The van der Waals surface area contributed by atoms with Gasteiger partial charge < -0.3 is 19.7 Å². The van der Waals surface area contributed by atoms with Gasteiger partial charge in [-0.25, -0.2) is 0 Å². The van der Waals surface area contributed by atoms with Crippen molar-refractivity contribution >= 4 is 11.3 Å². The maximum atomic E-state index is 8.40. The second-order valence-electron chi connectivity index (χ2n) is 1.65. The molecule has 0 saturated carbocycles. The molecule has 2 N–H and O–H groups in total. The quantitative estimate of drug-likeness (QED) is 0.652. The summed E-state index contributed by atoms with van der Waals surface area (Å²) >= 11 is 1.37. The first-order valence-electron chi connectivity index (χ1n) is 2.92. The average molecular weight is 176 g/mol. The van der Waals surface area contributed by atoms with Crippen LogP contribution in [0.3, 0.4) is 0 Å². The van der Waals surface area contributed by atoms with E-state index in [1.165, 1.54) is 11.3 Å². The van der Waals surface area contributed by atoms with E-state index in [0.29, 0.717) is 11.5 Å². The van der Waals surface area contributed by atoms with Gasteiger partial charge in [0, 0.05) is 10.8 Å². The summed E-state index contributed by atoms with van der Waals surface area (Å²) in [5, 5.41) is 20.2. The molecule has 0 bridgehead atoms. The van der Waals surface area contributed by atoms with Gasteiger partial charge in [0.25, 0.3) is 0 Å². The van der Waals surface area contributed by atoms with Crippen LogP contribution in [0.25, 0.3) is 0 Å². The van der Waals surface area contributed by atoms with Gasteiger partial charge in [-0.3, -0.25) is 0 Å². The zero-order valence-corrected chi connectivity index (χ0v) is 6.50. The predicted molar refractivity (Wildman–Crippen MR) is 39.7 cm³/mol. The Kier molecular flexibility index (Phi) is 3.15. The number of aliphatic hydroxyl groups excluding tert-OH is 2. The van der Waals surface area contributed by atoms with Crippen molar-refractivity contribution < 1.29 is 19.7 Å². The molecule has 11 heavy (non-hydrogen) atoms. The third-order valence-corrected chi connectivity index (χ3v) is 1.73. The second-order valence-corrected chi connectivity index (χ2v) is 2.39. The molecule has 0 aliphatic heterocycles. The summed E-state index contributed by atoms with van der Waals surface area (Å²) in [4.78, 5) is 0. The monoisotopic (exact) mass is 176 g/mol. The first-order chi connectivity index (χ1) is 5.38. The summed E-state index contributed by atoms with van der Waals surface area (Å²) in [6.07, 6.45) is 0. The fourth-order valence-electron chi connectivity index (χ4n) is 0.623. The summed E-state index contributed by atoms with van der Waals surface area (Å²) in [6.45, 7) is -0.781. The van der Waals surface area contributed by atoms with Crippen LogP contribution in [-0.4, -0.2) is 23.8 Å². The van der Waals surface area contributed by atoms with Crippen LogP contribution in [0.15, 0.2) is 10.8 Å². The Hall–Kier alpha value is -0.780. The third kappa shape index (κ3) is 2.07. The number of aliphatic hydroxyl groups is 2. The van der Waals surface area contributed by atoms with E-state index >= 15 is 0 Å². The lowest BCUT2D eigenvalue weighted by atomic mass is 10.5. The predicted octanol–water partition coefficient (Wildman–Crippen LogP) is 0.405. The topological polar surface area (TPSA) is 58.9 Å². The van der Waals surface area contributed by atoms with Gasteiger partial charge in [0.1, 0.15) is 0 Å². The standard InChI is InChI=1S/C6H8O4S/c7-3-9-5-1-11-2-6(5)10-4-8/h1-2,7-8H,3-4H2. The Morgan fingerprint density at radius 1 is 1.09 bits per heavy atom. The first kappa shape index (κ1) is 8.32. The third-order valence-electron chi connectivity index (χ3n) is 1.03. The molecular formula is C6H8O4S. The highest BCUT2D eigenvalue weighted by Crippen LogP contribution is 2.30. The highest BCUT2D eigenvalue weighted by atomic mass is 32.1. The Morgan fingerprint density at radius 2 is 1.55 bits per heavy atom. The largest absolute Gasteiger partial charge is 0.463 e. The van der Waals surface area contributed by atoms with Gasteiger partial charge in [0.2, 0.25) is 0 Å². The van der Waals surface area contributed by atoms with Gasteiger partial charge in [-0.15, -0.1) is 11.3 Å². The number of hydrogen-bond donors (Lipinski definition) is 2. The molecule has 0 atom stereocenters. The molecule has 0 saturated heterocycles. The van der Waals surface area contributed by atoms with Crippen LogP contribution >= 0.6 is 11.3 Å². The highest BCUT2D eigenvalue weighted by Gasteiger charge is 2.04. The van der Waals surface area contributed by atoms with Crippen molar-refractivity contribution in [2.24, 2.45) is 0 Å². The maximum Gasteiger partial charge on any atom is 0.186 e. The molecule has 5 heteroatoms. The lowest BCUT2D eigenvalue weighted by Crippen LogP contribution is -1.98. The van der Waals surface area contributed by atoms with E-state index < -0.39 is 13.6 Å². The van der Waals surface area contributed by atoms with Crippen LogP contribution in [0.1, 0.15) is 0 Å². The zero-order valence-electron chi connectivity index (χ0n) is 5.69. The van der Waals surface area contributed by atoms with Crippen molar-refractivity contribution in [2.75, 3.05) is 13.6 Å². The van der Waals surface area contributed by atoms with Gasteiger partial charge in [-0.05, 0) is 0 Å². The van der Waals surface area contributed by atoms with E-state index in [0.717, 1.165) is 0 Å². The molecule has 0 unspecified atom stereocenters. The highest BCUT2D eigenvalue weighted by molar-refractivity contribution is 7.08. The summed E-state index contributed by atoms with van der Waals surface area (Å²) in [5.74, 6) is 0.901. The Morgan fingerprint density at radius 3 is 1.91 bits per heavy atom. The van der Waals surface area contributed by atoms with E-state index in [9.17, 15) is 0 Å². The Balaban J connectivity index is 2.62. The Bertz CT molecular complexity index is 190. The van der Waals surface area contributed by atoms with Crippen LogP contribution in [-0.2, 0) is 0 Å². The minimum absolute atomic E-state index is 0.390. The van der Waals surface area contributed by atoms with Crippen LogP contribution in [0.2, 0.25) is 0 Å². The van der Waals surface area contributed by atoms with Crippen LogP contribution in [0.5, 0.6) is 11.5 Å². The molecule has 1 aromatic rings. The maximum absolute atomic E-state index is 8.40. The summed E-state index contributed by atoms with van der Waals surface area (Å²) in [6, 6.07) is 0. The summed E-state index contributed by atoms with van der Waals surface area (Å²) in [7, 11) is 0. The number of hydrogen-bond acceptors (Lipinski definition) is 5. The van der Waals surface area contributed by atoms with E-state index in [4.69, 9.17) is 19.7 Å². The van der Waals surface area contributed by atoms with Crippen LogP contribution in [0, 0.1) is 0 Å².